The number of carbonyl (C=O) groups excluding carboxylic acids is 1. The molecule has 1 atom stereocenters. The van der Waals surface area contributed by atoms with Crippen LogP contribution in [-0.4, -0.2) is 66.3 Å². The fourth-order valence-electron chi connectivity index (χ4n) is 4.17. The van der Waals surface area contributed by atoms with Gasteiger partial charge in [-0.2, -0.15) is 0 Å². The Kier molecular flexibility index (Phi) is 8.89. The van der Waals surface area contributed by atoms with Gasteiger partial charge in [0.25, 0.3) is 0 Å². The lowest BCUT2D eigenvalue weighted by Gasteiger charge is -2.29. The first-order valence-corrected chi connectivity index (χ1v) is 12.2. The number of benzene rings is 2. The monoisotopic (exact) mass is 501 g/mol. The second-order valence-electron chi connectivity index (χ2n) is 8.74. The maximum atomic E-state index is 13.4. The topological polar surface area (TPSA) is 92.2 Å². The minimum atomic E-state index is -1.06. The second-order valence-corrected chi connectivity index (χ2v) is 8.74. The number of methoxy groups -OCH3 is 1. The molecule has 0 saturated carbocycles. The van der Waals surface area contributed by atoms with Gasteiger partial charge in [-0.1, -0.05) is 48.5 Å². The van der Waals surface area contributed by atoms with Gasteiger partial charge in [0.05, 0.1) is 20.3 Å². The third-order valence-corrected chi connectivity index (χ3v) is 6.25. The number of aromatic nitrogens is 1. The van der Waals surface area contributed by atoms with Crippen molar-refractivity contribution >= 4 is 23.8 Å². The molecule has 1 aromatic heterocycles. The average Bonchev–Trinajstić information content (AvgIpc) is 2.95. The first kappa shape index (κ1) is 25.9. The summed E-state index contributed by atoms with van der Waals surface area (Å²) in [6.07, 6.45) is 4.99. The highest BCUT2D eigenvalue weighted by molar-refractivity contribution is 5.94. The standard InChI is InChI=1S/C29H31N3O5/c1-36-25-11-7-22(8-12-25)10-14-28(33)32(26(29(34)35)19-23-5-3-2-4-6-23)21-24-9-13-27(30-20-24)31-15-17-37-18-16-31/h2-14,20,26H,15-19,21H2,1H3,(H,34,35)/t26-/m0/s1. The number of nitrogens with zero attached hydrogens (tertiary/aromatic N) is 3. The first-order chi connectivity index (χ1) is 18.0. The van der Waals surface area contributed by atoms with E-state index in [-0.39, 0.29) is 13.0 Å². The molecule has 0 unspecified atom stereocenters. The predicted octanol–water partition coefficient (Wildman–Crippen LogP) is 3.66. The molecule has 1 aliphatic rings. The van der Waals surface area contributed by atoms with E-state index in [4.69, 9.17) is 9.47 Å². The molecule has 0 aliphatic carbocycles. The van der Waals surface area contributed by atoms with Gasteiger partial charge < -0.3 is 24.4 Å². The molecule has 2 heterocycles. The Bertz CT molecular complexity index is 1190. The number of amides is 1. The van der Waals surface area contributed by atoms with Crippen molar-refractivity contribution in [3.63, 3.8) is 0 Å². The highest BCUT2D eigenvalue weighted by Gasteiger charge is 2.29. The summed E-state index contributed by atoms with van der Waals surface area (Å²) in [5.41, 5.74) is 2.40. The van der Waals surface area contributed by atoms with Crippen LogP contribution in [0.5, 0.6) is 5.75 Å². The zero-order valence-electron chi connectivity index (χ0n) is 20.8. The minimum Gasteiger partial charge on any atom is -0.497 e. The van der Waals surface area contributed by atoms with Gasteiger partial charge >= 0.3 is 5.97 Å². The number of rotatable bonds is 10. The Morgan fingerprint density at radius 1 is 1.05 bits per heavy atom. The molecule has 192 valence electrons. The van der Waals surface area contributed by atoms with E-state index in [1.165, 1.54) is 11.0 Å². The average molecular weight is 502 g/mol. The quantitative estimate of drug-likeness (QED) is 0.424. The molecular weight excluding hydrogens is 470 g/mol. The third-order valence-electron chi connectivity index (χ3n) is 6.25. The molecule has 1 aliphatic heterocycles. The molecule has 1 fully saturated rings. The number of aliphatic carboxylic acids is 1. The molecule has 1 saturated heterocycles. The molecule has 0 spiro atoms. The summed E-state index contributed by atoms with van der Waals surface area (Å²) in [6, 6.07) is 19.4. The number of ether oxygens (including phenoxy) is 2. The molecular formula is C29H31N3O5. The molecule has 37 heavy (non-hydrogen) atoms. The number of pyridine rings is 1. The predicted molar refractivity (Wildman–Crippen MR) is 141 cm³/mol. The first-order valence-electron chi connectivity index (χ1n) is 12.2. The number of carbonyl (C=O) groups is 2. The van der Waals surface area contributed by atoms with Gasteiger partial charge in [0.1, 0.15) is 17.6 Å². The molecule has 8 heteroatoms. The normalized spacial score (nSPS) is 14.4. The van der Waals surface area contributed by atoms with Crippen LogP contribution in [-0.2, 0) is 27.3 Å². The Labute approximate surface area is 216 Å². The van der Waals surface area contributed by atoms with Crippen molar-refractivity contribution in [3.05, 3.63) is 95.7 Å². The molecule has 4 rings (SSSR count). The van der Waals surface area contributed by atoms with Crippen LogP contribution in [0.4, 0.5) is 5.82 Å². The number of morpholine rings is 1. The second kappa shape index (κ2) is 12.7. The van der Waals surface area contributed by atoms with Gasteiger partial charge in [0.15, 0.2) is 0 Å². The smallest absolute Gasteiger partial charge is 0.326 e. The van der Waals surface area contributed by atoms with Crippen molar-refractivity contribution in [1.82, 2.24) is 9.88 Å². The lowest BCUT2D eigenvalue weighted by Crippen LogP contribution is -2.45. The number of hydrogen-bond acceptors (Lipinski definition) is 6. The Hall–Kier alpha value is -4.17. The highest BCUT2D eigenvalue weighted by atomic mass is 16.5. The van der Waals surface area contributed by atoms with Crippen molar-refractivity contribution < 1.29 is 24.2 Å². The summed E-state index contributed by atoms with van der Waals surface area (Å²) in [5, 5.41) is 10.1. The SMILES string of the molecule is COc1ccc(C=CC(=O)N(Cc2ccc(N3CCOCC3)nc2)[C@@H](Cc2ccccc2)C(=O)O)cc1. The fourth-order valence-corrected chi connectivity index (χ4v) is 4.17. The molecule has 2 aromatic carbocycles. The van der Waals surface area contributed by atoms with E-state index in [0.29, 0.717) is 19.0 Å². The van der Waals surface area contributed by atoms with Crippen molar-refractivity contribution in [2.75, 3.05) is 38.3 Å². The van der Waals surface area contributed by atoms with E-state index in [1.807, 2.05) is 54.6 Å². The van der Waals surface area contributed by atoms with Crippen LogP contribution < -0.4 is 9.64 Å². The minimum absolute atomic E-state index is 0.117. The van der Waals surface area contributed by atoms with Crippen LogP contribution in [0.15, 0.2) is 79.0 Å². The molecule has 0 bridgehead atoms. The van der Waals surface area contributed by atoms with Crippen molar-refractivity contribution in [2.24, 2.45) is 0 Å². The van der Waals surface area contributed by atoms with Gasteiger partial charge in [-0.15, -0.1) is 0 Å². The van der Waals surface area contributed by atoms with E-state index in [9.17, 15) is 14.7 Å². The van der Waals surface area contributed by atoms with Crippen LogP contribution in [0, 0.1) is 0 Å². The summed E-state index contributed by atoms with van der Waals surface area (Å²) < 4.78 is 10.6. The Morgan fingerprint density at radius 2 is 1.78 bits per heavy atom. The van der Waals surface area contributed by atoms with Crippen LogP contribution >= 0.6 is 0 Å². The van der Waals surface area contributed by atoms with Gasteiger partial charge in [-0.05, 0) is 41.0 Å². The Morgan fingerprint density at radius 3 is 2.41 bits per heavy atom. The zero-order valence-corrected chi connectivity index (χ0v) is 20.8. The van der Waals surface area contributed by atoms with Gasteiger partial charge in [-0.25, -0.2) is 9.78 Å². The molecule has 1 N–H and O–H groups in total. The van der Waals surface area contributed by atoms with E-state index < -0.39 is 17.9 Å². The van der Waals surface area contributed by atoms with Gasteiger partial charge in [0, 0.05) is 38.3 Å². The van der Waals surface area contributed by atoms with Crippen LogP contribution in [0.25, 0.3) is 6.08 Å². The summed E-state index contributed by atoms with van der Waals surface area (Å²) in [7, 11) is 1.59. The summed E-state index contributed by atoms with van der Waals surface area (Å²) in [6.45, 7) is 2.97. The zero-order chi connectivity index (χ0) is 26.0. The maximum absolute atomic E-state index is 13.4. The Balaban J connectivity index is 1.57. The largest absolute Gasteiger partial charge is 0.497 e. The van der Waals surface area contributed by atoms with Crippen LogP contribution in [0.1, 0.15) is 16.7 Å². The molecule has 8 nitrogen and oxygen atoms in total. The lowest BCUT2D eigenvalue weighted by molar-refractivity contribution is -0.148. The van der Waals surface area contributed by atoms with E-state index in [0.717, 1.165) is 35.6 Å². The number of anilines is 1. The van der Waals surface area contributed by atoms with Gasteiger partial charge in [-0.3, -0.25) is 4.79 Å². The summed E-state index contributed by atoms with van der Waals surface area (Å²) >= 11 is 0. The van der Waals surface area contributed by atoms with E-state index >= 15 is 0 Å². The lowest BCUT2D eigenvalue weighted by atomic mass is 10.0. The van der Waals surface area contributed by atoms with Gasteiger partial charge in [0.2, 0.25) is 5.91 Å². The van der Waals surface area contributed by atoms with Crippen molar-refractivity contribution in [3.8, 4) is 5.75 Å². The number of carboxylic acid groups (broad SMARTS) is 1. The fraction of sp³-hybridized carbons (Fsp3) is 0.276. The van der Waals surface area contributed by atoms with E-state index in [2.05, 4.69) is 9.88 Å². The van der Waals surface area contributed by atoms with Crippen molar-refractivity contribution in [1.29, 1.82) is 0 Å². The molecule has 1 amide bonds. The third kappa shape index (κ3) is 7.17. The number of carboxylic acids is 1. The summed E-state index contributed by atoms with van der Waals surface area (Å²) in [5.74, 6) is 0.0969. The van der Waals surface area contributed by atoms with Crippen molar-refractivity contribution in [2.45, 2.75) is 19.0 Å². The van der Waals surface area contributed by atoms with Crippen LogP contribution in [0.2, 0.25) is 0 Å². The van der Waals surface area contributed by atoms with Crippen LogP contribution in [0.3, 0.4) is 0 Å². The molecule has 3 aromatic rings. The summed E-state index contributed by atoms with van der Waals surface area (Å²) in [4.78, 5) is 33.9. The molecule has 0 radical (unpaired) electrons. The number of hydrogen-bond donors (Lipinski definition) is 1. The van der Waals surface area contributed by atoms with E-state index in [1.54, 1.807) is 31.5 Å². The maximum Gasteiger partial charge on any atom is 0.326 e. The highest BCUT2D eigenvalue weighted by Crippen LogP contribution is 2.19.